The van der Waals surface area contributed by atoms with Crippen LogP contribution in [0.4, 0.5) is 4.39 Å². The summed E-state index contributed by atoms with van der Waals surface area (Å²) >= 11 is 0. The Morgan fingerprint density at radius 3 is 2.43 bits per heavy atom. The van der Waals surface area contributed by atoms with Gasteiger partial charge in [0.15, 0.2) is 18.3 Å². The zero-order valence-electron chi connectivity index (χ0n) is 8.25. The largest absolute Gasteiger partial charge is 0.491 e. The highest BCUT2D eigenvalue weighted by molar-refractivity contribution is 5.35. The maximum atomic E-state index is 13.5. The van der Waals surface area contributed by atoms with Crippen molar-refractivity contribution in [1.29, 1.82) is 0 Å². The van der Waals surface area contributed by atoms with Crippen LogP contribution in [0.2, 0.25) is 0 Å². The second-order valence-electron chi connectivity index (χ2n) is 2.55. The Hall–Kier alpha value is -1.29. The maximum Gasteiger partial charge on any atom is 0.206 e. The van der Waals surface area contributed by atoms with E-state index >= 15 is 0 Å². The van der Waals surface area contributed by atoms with E-state index in [1.54, 1.807) is 19.1 Å². The molecule has 14 heavy (non-hydrogen) atoms. The number of halogens is 1. The lowest BCUT2D eigenvalue weighted by atomic mass is 10.3. The predicted octanol–water partition coefficient (Wildman–Crippen LogP) is 2.21. The summed E-state index contributed by atoms with van der Waals surface area (Å²) in [7, 11) is 1.48. The molecule has 1 rings (SSSR count). The molecule has 0 bridgehead atoms. The average molecular weight is 200 g/mol. The van der Waals surface area contributed by atoms with Gasteiger partial charge in [-0.2, -0.15) is 4.39 Å². The third-order valence-electron chi connectivity index (χ3n) is 1.56. The van der Waals surface area contributed by atoms with Gasteiger partial charge >= 0.3 is 0 Å². The Balaban J connectivity index is 2.78. The molecule has 0 N–H and O–H groups in total. The molecule has 0 unspecified atom stereocenters. The first-order valence-electron chi connectivity index (χ1n) is 4.32. The molecule has 0 aliphatic heterocycles. The van der Waals surface area contributed by atoms with Gasteiger partial charge in [0.05, 0.1) is 6.61 Å². The lowest BCUT2D eigenvalue weighted by Gasteiger charge is -2.09. The summed E-state index contributed by atoms with van der Waals surface area (Å²) in [5.74, 6) is -0.162. The van der Waals surface area contributed by atoms with Gasteiger partial charge in [-0.05, 0) is 19.1 Å². The van der Waals surface area contributed by atoms with Crippen LogP contribution >= 0.6 is 0 Å². The number of hydrogen-bond donors (Lipinski definition) is 0. The van der Waals surface area contributed by atoms with E-state index in [4.69, 9.17) is 9.47 Å². The van der Waals surface area contributed by atoms with E-state index in [1.165, 1.54) is 13.2 Å². The number of rotatable bonds is 5. The van der Waals surface area contributed by atoms with Crippen LogP contribution in [0.15, 0.2) is 18.2 Å². The van der Waals surface area contributed by atoms with Crippen LogP contribution in [-0.4, -0.2) is 20.5 Å². The van der Waals surface area contributed by atoms with Crippen LogP contribution in [0, 0.1) is 5.82 Å². The molecule has 0 heterocycles. The van der Waals surface area contributed by atoms with E-state index in [9.17, 15) is 4.39 Å². The molecular weight excluding hydrogens is 187 g/mol. The Bertz CT molecular complexity index is 289. The molecule has 0 aromatic heterocycles. The molecule has 0 aliphatic rings. The van der Waals surface area contributed by atoms with E-state index < -0.39 is 5.82 Å². The van der Waals surface area contributed by atoms with Crippen LogP contribution in [-0.2, 0) is 4.74 Å². The van der Waals surface area contributed by atoms with Crippen molar-refractivity contribution in [2.24, 2.45) is 0 Å². The van der Waals surface area contributed by atoms with E-state index in [0.29, 0.717) is 6.61 Å². The summed E-state index contributed by atoms with van der Waals surface area (Å²) in [6.07, 6.45) is 0. The molecule has 0 saturated heterocycles. The molecule has 4 heteroatoms. The average Bonchev–Trinajstić information content (AvgIpc) is 2.20. The highest BCUT2D eigenvalue weighted by Gasteiger charge is 2.09. The standard InChI is InChI=1S/C10H13FO3/c1-3-13-8-5-4-6-9(10(8)11)14-7-12-2/h4-6H,3,7H2,1-2H3. The molecule has 0 amide bonds. The van der Waals surface area contributed by atoms with Gasteiger partial charge in [0.2, 0.25) is 5.82 Å². The van der Waals surface area contributed by atoms with Crippen molar-refractivity contribution in [3.63, 3.8) is 0 Å². The third kappa shape index (κ3) is 2.60. The summed E-state index contributed by atoms with van der Waals surface area (Å²) in [4.78, 5) is 0. The molecule has 3 nitrogen and oxygen atoms in total. The maximum absolute atomic E-state index is 13.5. The summed E-state index contributed by atoms with van der Waals surface area (Å²) in [6, 6.07) is 4.74. The Morgan fingerprint density at radius 2 is 1.86 bits per heavy atom. The second-order valence-corrected chi connectivity index (χ2v) is 2.55. The number of methoxy groups -OCH3 is 1. The van der Waals surface area contributed by atoms with Crippen molar-refractivity contribution in [3.05, 3.63) is 24.0 Å². The van der Waals surface area contributed by atoms with E-state index in [-0.39, 0.29) is 18.3 Å². The first-order chi connectivity index (χ1) is 6.79. The molecule has 0 saturated carbocycles. The first-order valence-corrected chi connectivity index (χ1v) is 4.32. The van der Waals surface area contributed by atoms with Crippen molar-refractivity contribution in [2.45, 2.75) is 6.92 Å². The summed E-state index contributed by atoms with van der Waals surface area (Å²) in [5.41, 5.74) is 0. The molecule has 1 aromatic rings. The molecular formula is C10H13FO3. The fourth-order valence-corrected chi connectivity index (χ4v) is 0.992. The molecule has 0 aliphatic carbocycles. The van der Waals surface area contributed by atoms with Gasteiger partial charge in [-0.3, -0.25) is 0 Å². The SMILES string of the molecule is CCOc1cccc(OCOC)c1F. The van der Waals surface area contributed by atoms with Crippen LogP contribution in [0.1, 0.15) is 6.92 Å². The Labute approximate surface area is 82.4 Å². The molecule has 0 spiro atoms. The minimum Gasteiger partial charge on any atom is -0.491 e. The zero-order valence-corrected chi connectivity index (χ0v) is 8.25. The molecule has 0 radical (unpaired) electrons. The highest BCUT2D eigenvalue weighted by Crippen LogP contribution is 2.26. The van der Waals surface area contributed by atoms with Gasteiger partial charge in [0, 0.05) is 7.11 Å². The summed E-state index contributed by atoms with van der Waals surface area (Å²) < 4.78 is 28.2. The number of hydrogen-bond acceptors (Lipinski definition) is 3. The molecule has 0 fully saturated rings. The van der Waals surface area contributed by atoms with E-state index in [1.807, 2.05) is 0 Å². The predicted molar refractivity (Wildman–Crippen MR) is 50.1 cm³/mol. The molecule has 0 atom stereocenters. The quantitative estimate of drug-likeness (QED) is 0.682. The van der Waals surface area contributed by atoms with Crippen molar-refractivity contribution in [2.75, 3.05) is 20.5 Å². The van der Waals surface area contributed by atoms with Crippen LogP contribution < -0.4 is 9.47 Å². The van der Waals surface area contributed by atoms with Crippen LogP contribution in [0.3, 0.4) is 0 Å². The van der Waals surface area contributed by atoms with Crippen molar-refractivity contribution < 1.29 is 18.6 Å². The summed E-state index contributed by atoms with van der Waals surface area (Å²) in [6.45, 7) is 2.24. The third-order valence-corrected chi connectivity index (χ3v) is 1.56. The smallest absolute Gasteiger partial charge is 0.206 e. The summed E-state index contributed by atoms with van der Waals surface area (Å²) in [5, 5.41) is 0. The first kappa shape index (κ1) is 10.8. The van der Waals surface area contributed by atoms with Gasteiger partial charge in [-0.25, -0.2) is 0 Å². The minimum absolute atomic E-state index is 0.0203. The highest BCUT2D eigenvalue weighted by atomic mass is 19.1. The lowest BCUT2D eigenvalue weighted by molar-refractivity contribution is 0.0478. The Morgan fingerprint density at radius 1 is 1.21 bits per heavy atom. The van der Waals surface area contributed by atoms with Crippen molar-refractivity contribution in [3.8, 4) is 11.5 Å². The van der Waals surface area contributed by atoms with Gasteiger partial charge in [-0.1, -0.05) is 6.07 Å². The fraction of sp³-hybridized carbons (Fsp3) is 0.400. The minimum atomic E-state index is -0.494. The fourth-order valence-electron chi connectivity index (χ4n) is 0.992. The number of ether oxygens (including phenoxy) is 3. The van der Waals surface area contributed by atoms with Gasteiger partial charge < -0.3 is 14.2 Å². The van der Waals surface area contributed by atoms with Gasteiger partial charge in [-0.15, -0.1) is 0 Å². The van der Waals surface area contributed by atoms with Crippen LogP contribution in [0.5, 0.6) is 11.5 Å². The van der Waals surface area contributed by atoms with Gasteiger partial charge in [0.25, 0.3) is 0 Å². The number of benzene rings is 1. The normalized spacial score (nSPS) is 9.93. The van der Waals surface area contributed by atoms with E-state index in [0.717, 1.165) is 0 Å². The van der Waals surface area contributed by atoms with Gasteiger partial charge in [0.1, 0.15) is 0 Å². The van der Waals surface area contributed by atoms with E-state index in [2.05, 4.69) is 4.74 Å². The molecule has 78 valence electrons. The second kappa shape index (κ2) is 5.44. The van der Waals surface area contributed by atoms with Crippen molar-refractivity contribution in [1.82, 2.24) is 0 Å². The zero-order chi connectivity index (χ0) is 10.4. The van der Waals surface area contributed by atoms with Crippen molar-refractivity contribution >= 4 is 0 Å². The Kier molecular flexibility index (Phi) is 4.19. The topological polar surface area (TPSA) is 27.7 Å². The molecule has 1 aromatic carbocycles. The monoisotopic (exact) mass is 200 g/mol. The van der Waals surface area contributed by atoms with Crippen LogP contribution in [0.25, 0.3) is 0 Å². The lowest BCUT2D eigenvalue weighted by Crippen LogP contribution is -2.02.